The zero-order chi connectivity index (χ0) is 89.2. The second-order valence-electron chi connectivity index (χ2n) is 28.4. The Kier molecular flexibility index (Phi) is 34.8. The molecule has 0 bridgehead atoms. The van der Waals surface area contributed by atoms with Crippen LogP contribution in [0.4, 0.5) is 4.39 Å². The van der Waals surface area contributed by atoms with E-state index in [0.29, 0.717) is 81.6 Å². The molecule has 4 N–H and O–H groups in total. The molecular weight excluding hydrogens is 1750 g/mol. The van der Waals surface area contributed by atoms with E-state index >= 15 is 0 Å². The van der Waals surface area contributed by atoms with Crippen molar-refractivity contribution in [2.45, 2.75) is 143 Å². The maximum Gasteiger partial charge on any atom is 0.335 e. The van der Waals surface area contributed by atoms with Crippen molar-refractivity contribution in [2.75, 3.05) is 6.26 Å². The molecule has 0 saturated heterocycles. The molecule has 0 atom stereocenters. The molecule has 0 aliphatic carbocycles. The number of unbranched alkanes of at least 4 members (excludes halogenated alkanes) is 4. The number of nitrogens with zero attached hydrogens (tertiary/aromatic N) is 8. The molecule has 33 heteroatoms. The third-order valence-corrected chi connectivity index (χ3v) is 21.6. The molecule has 0 aliphatic rings. The van der Waals surface area contributed by atoms with Gasteiger partial charge in [0.05, 0.1) is 27.6 Å². The molecule has 26 nitrogen and oxygen atoms in total. The molecule has 4 aromatic heterocycles. The Morgan fingerprint density at radius 2 is 0.593 bits per heavy atom. The predicted molar refractivity (Wildman–Crippen MR) is 481 cm³/mol. The molecule has 0 spiro atoms. The third-order valence-electron chi connectivity index (χ3n) is 19.0. The van der Waals surface area contributed by atoms with Gasteiger partial charge in [0.25, 0.3) is 45.9 Å². The quantitative estimate of drug-likeness (QED) is 0.0339. The van der Waals surface area contributed by atoms with Crippen LogP contribution in [-0.4, -0.2) is 74.8 Å². The SMILES string of the molecule is CCCCn1cc(C(=O)NCc2ccc(Br)cc2)c(=O)n(-c2cccc(Cl)c2)c1=O.CCCCn1cc(C(=O)NCc2ccc(C)cc2)c(=O)n(-c2cccc(Cl)c2)c1=O.CCCCn1cc(C(=O)NCc2ccc(F)cc2)c(=O)n(-c2cccc(Cl)c2)c1=O.CCCCn1cc(C(=O)NCc2ccc(S(C)(=O)=O)cc2)c(=O)n(-c2cccc(Cl)c2)c1=O. The molecule has 4 heterocycles. The van der Waals surface area contributed by atoms with Gasteiger partial charge in [0.1, 0.15) is 28.1 Å². The summed E-state index contributed by atoms with van der Waals surface area (Å²) in [5.74, 6) is -2.71. The Hall–Kier alpha value is -12.1. The standard InChI is InChI=1S/C23H24ClN3O5S.C23H24ClN3O3.C22H21BrClN3O3.C22H21ClFN3O3/c1-3-4-12-26-15-20(22(29)27(23(26)30)18-7-5-6-17(24)13-18)21(28)25-14-16-8-10-19(11-9-16)33(2,31)32;1-3-4-12-26-15-20(21(28)25-14-17-10-8-16(2)9-11-17)22(29)27(23(26)30)19-7-5-6-18(24)13-19;1-2-3-11-26-14-19(20(28)25-13-15-7-9-16(23)10-8-15)21(29)27(22(26)30)18-6-4-5-17(24)12-18;1-2-3-11-26-14-19(20(28)25-13-15-7-9-17(24)10-8-15)21(29)27(22(26)30)18-6-4-5-16(23)12-18/h5-11,13,15H,3-4,12,14H2,1-2H3,(H,25,28);5-11,13,15H,3-4,12,14H2,1-2H3,(H,25,28);2*4-10,12,14H,2-3,11,13H2,1H3,(H,25,28). The van der Waals surface area contributed by atoms with Crippen molar-refractivity contribution in [3.05, 3.63) is 383 Å². The summed E-state index contributed by atoms with van der Waals surface area (Å²) in [5.41, 5.74) is 0.0517. The van der Waals surface area contributed by atoms with Crippen LogP contribution in [-0.2, 0) is 62.2 Å². The minimum absolute atomic E-state index is 0.0770. The van der Waals surface area contributed by atoms with Gasteiger partial charge in [0.15, 0.2) is 9.84 Å². The predicted octanol–water partition coefficient (Wildman–Crippen LogP) is 14.1. The summed E-state index contributed by atoms with van der Waals surface area (Å²) in [6.07, 6.45) is 12.7. The van der Waals surface area contributed by atoms with Crippen LogP contribution >= 0.6 is 62.3 Å². The van der Waals surface area contributed by atoms with E-state index in [1.807, 2.05) is 83.1 Å². The fourth-order valence-corrected chi connectivity index (χ4v) is 13.9. The van der Waals surface area contributed by atoms with Crippen LogP contribution in [0.1, 0.15) is 148 Å². The smallest absolute Gasteiger partial charge is 0.335 e. The van der Waals surface area contributed by atoms with Crippen molar-refractivity contribution in [1.82, 2.24) is 57.8 Å². The molecule has 8 aromatic carbocycles. The largest absolute Gasteiger partial charge is 0.348 e. The highest BCUT2D eigenvalue weighted by Gasteiger charge is 2.25. The van der Waals surface area contributed by atoms with Crippen molar-refractivity contribution in [2.24, 2.45) is 0 Å². The first-order valence-electron chi connectivity index (χ1n) is 39.3. The average Bonchev–Trinajstić information content (AvgIpc) is 0.792. The number of aryl methyl sites for hydroxylation is 5. The van der Waals surface area contributed by atoms with Crippen LogP contribution in [0, 0.1) is 12.7 Å². The molecule has 642 valence electrons. The van der Waals surface area contributed by atoms with E-state index in [-0.39, 0.29) is 70.5 Å². The fraction of sp³-hybridized carbons (Fsp3) is 0.244. The molecule has 4 amide bonds. The zero-order valence-electron chi connectivity index (χ0n) is 68.1. The van der Waals surface area contributed by atoms with Crippen LogP contribution < -0.4 is 66.3 Å². The molecular formula is C90H90BrCl4FN12O14S. The summed E-state index contributed by atoms with van der Waals surface area (Å²) in [7, 11) is -3.32. The molecule has 0 aliphatic heterocycles. The van der Waals surface area contributed by atoms with Gasteiger partial charge in [-0.2, -0.15) is 0 Å². The molecule has 0 radical (unpaired) electrons. The second kappa shape index (κ2) is 45.1. The van der Waals surface area contributed by atoms with Gasteiger partial charge >= 0.3 is 22.8 Å². The summed E-state index contributed by atoms with van der Waals surface area (Å²) in [6.45, 7) is 12.2. The minimum atomic E-state index is -3.32. The van der Waals surface area contributed by atoms with Crippen molar-refractivity contribution in [3.63, 3.8) is 0 Å². The highest BCUT2D eigenvalue weighted by molar-refractivity contribution is 9.10. The van der Waals surface area contributed by atoms with E-state index in [4.69, 9.17) is 46.4 Å². The number of halogens is 6. The van der Waals surface area contributed by atoms with Gasteiger partial charge in [-0.25, -0.2) is 50.3 Å². The maximum absolute atomic E-state index is 13.1. The number of nitrogens with one attached hydrogen (secondary N) is 4. The third kappa shape index (κ3) is 26.0. The number of carbonyl (C=O) groups is 4. The van der Waals surface area contributed by atoms with Gasteiger partial charge in [-0.15, -0.1) is 0 Å². The first kappa shape index (κ1) is 94.7. The Bertz CT molecular complexity index is 6010. The highest BCUT2D eigenvalue weighted by atomic mass is 79.9. The number of benzene rings is 8. The summed E-state index contributed by atoms with van der Waals surface area (Å²) >= 11 is 27.5. The van der Waals surface area contributed by atoms with Crippen LogP contribution in [0.25, 0.3) is 22.7 Å². The lowest BCUT2D eigenvalue weighted by Crippen LogP contribution is -2.43. The first-order valence-corrected chi connectivity index (χ1v) is 43.5. The Morgan fingerprint density at radius 3 is 0.829 bits per heavy atom. The lowest BCUT2D eigenvalue weighted by atomic mass is 10.1. The van der Waals surface area contributed by atoms with Crippen molar-refractivity contribution in [1.29, 1.82) is 0 Å². The Balaban J connectivity index is 0.000000186. The number of aromatic nitrogens is 8. The van der Waals surface area contributed by atoms with Gasteiger partial charge < -0.3 is 21.3 Å². The normalized spacial score (nSPS) is 10.9. The van der Waals surface area contributed by atoms with Crippen molar-refractivity contribution in [3.8, 4) is 22.7 Å². The first-order chi connectivity index (χ1) is 58.8. The summed E-state index contributed by atoms with van der Waals surface area (Å²) in [6, 6.07) is 52.5. The number of hydrogen-bond acceptors (Lipinski definition) is 14. The summed E-state index contributed by atoms with van der Waals surface area (Å²) < 4.78 is 46.6. The molecule has 12 aromatic rings. The van der Waals surface area contributed by atoms with Gasteiger partial charge in [-0.1, -0.05) is 206 Å². The zero-order valence-corrected chi connectivity index (χ0v) is 73.5. The van der Waals surface area contributed by atoms with E-state index in [1.54, 1.807) is 97.1 Å². The van der Waals surface area contributed by atoms with Crippen molar-refractivity contribution < 1.29 is 32.0 Å². The van der Waals surface area contributed by atoms with Crippen LogP contribution in [0.15, 0.2) is 267 Å². The molecule has 0 saturated carbocycles. The number of amides is 4. The number of sulfone groups is 1. The van der Waals surface area contributed by atoms with Crippen molar-refractivity contribution >= 4 is 95.8 Å². The van der Waals surface area contributed by atoms with Crippen LogP contribution in [0.3, 0.4) is 0 Å². The summed E-state index contributed by atoms with van der Waals surface area (Å²) in [5, 5.41) is 12.4. The van der Waals surface area contributed by atoms with E-state index < -0.39 is 78.5 Å². The van der Waals surface area contributed by atoms with E-state index in [9.17, 15) is 70.3 Å². The molecule has 12 rings (SSSR count). The van der Waals surface area contributed by atoms with Gasteiger partial charge in [0, 0.05) is 108 Å². The molecule has 123 heavy (non-hydrogen) atoms. The topological polar surface area (TPSA) is 327 Å². The minimum Gasteiger partial charge on any atom is -0.348 e. The average molecular weight is 1840 g/mol. The molecule has 0 unspecified atom stereocenters. The van der Waals surface area contributed by atoms with E-state index in [2.05, 4.69) is 37.2 Å². The van der Waals surface area contributed by atoms with Gasteiger partial charge in [-0.3, -0.25) is 56.6 Å². The lowest BCUT2D eigenvalue weighted by molar-refractivity contribution is 0.0939. The maximum atomic E-state index is 13.1. The summed E-state index contributed by atoms with van der Waals surface area (Å²) in [4.78, 5) is 156. The molecule has 0 fully saturated rings. The van der Waals surface area contributed by atoms with Crippen LogP contribution in [0.5, 0.6) is 0 Å². The van der Waals surface area contributed by atoms with E-state index in [0.717, 1.165) is 84.2 Å². The second-order valence-corrected chi connectivity index (χ2v) is 33.0. The monoisotopic (exact) mass is 1830 g/mol. The Labute approximate surface area is 735 Å². The van der Waals surface area contributed by atoms with Gasteiger partial charge in [0.2, 0.25) is 0 Å². The van der Waals surface area contributed by atoms with Gasteiger partial charge in [-0.05, 0) is 164 Å². The number of carbonyl (C=O) groups excluding carboxylic acids is 4. The lowest BCUT2D eigenvalue weighted by Gasteiger charge is -2.13. The fourth-order valence-electron chi connectivity index (χ4n) is 12.2. The number of rotatable bonds is 29. The van der Waals surface area contributed by atoms with E-state index in [1.165, 1.54) is 91.6 Å². The van der Waals surface area contributed by atoms with Crippen LogP contribution in [0.2, 0.25) is 20.1 Å². The number of hydrogen-bond donors (Lipinski definition) is 4. The Morgan fingerprint density at radius 1 is 0.358 bits per heavy atom. The highest BCUT2D eigenvalue weighted by Crippen LogP contribution is 2.19.